The summed E-state index contributed by atoms with van der Waals surface area (Å²) in [6, 6.07) is 0. The van der Waals surface area contributed by atoms with Crippen molar-refractivity contribution in [2.75, 3.05) is 6.67 Å². The van der Waals surface area contributed by atoms with E-state index in [1.54, 1.807) is 0 Å². The summed E-state index contributed by atoms with van der Waals surface area (Å²) >= 11 is 0. The molecule has 0 N–H and O–H groups in total. The average molecular weight is 70.1 g/mol. The van der Waals surface area contributed by atoms with Crippen LogP contribution >= 0.6 is 0 Å². The van der Waals surface area contributed by atoms with E-state index >= 15 is 0 Å². The highest BCUT2D eigenvalue weighted by atomic mass is 28.2. The number of hydrogen-bond acceptors (Lipinski definition) is 2. The molecule has 20 valence electrons. The van der Waals surface area contributed by atoms with E-state index in [-0.39, 0.29) is 0 Å². The van der Waals surface area contributed by atoms with Crippen molar-refractivity contribution in [1.29, 1.82) is 0 Å². The van der Waals surface area contributed by atoms with E-state index in [1.807, 2.05) is 0 Å². The average Bonchev–Trinajstić information content (AvgIpc) is 0.722. The van der Waals surface area contributed by atoms with Gasteiger partial charge in [-0.2, -0.15) is 0 Å². The predicted octanol–water partition coefficient (Wildman–Crippen LogP) is 0.0289. The van der Waals surface area contributed by atoms with Gasteiger partial charge >= 0.3 is 0 Å². The zero-order valence-electron chi connectivity index (χ0n) is 2.10. The second-order valence-corrected chi connectivity index (χ2v) is 1.39. The summed E-state index contributed by atoms with van der Waals surface area (Å²) in [5, 5.41) is 0. The summed E-state index contributed by atoms with van der Waals surface area (Å²) in [6.45, 7) is 0.762. The van der Waals surface area contributed by atoms with Gasteiger partial charge in [-0.1, -0.05) is 0 Å². The largest absolute Gasteiger partial charge is 0.250 e. The Bertz CT molecular complexity index is 64.1. The molecule has 0 saturated heterocycles. The van der Waals surface area contributed by atoms with Gasteiger partial charge in [-0.3, -0.25) is 0 Å². The molecule has 2 nitrogen and oxygen atoms in total. The molecule has 3 heteroatoms. The Labute approximate surface area is 26.1 Å². The van der Waals surface area contributed by atoms with Gasteiger partial charge in [0.2, 0.25) is 9.10 Å². The van der Waals surface area contributed by atoms with Crippen molar-refractivity contribution in [1.82, 2.24) is 0 Å². The van der Waals surface area contributed by atoms with Crippen molar-refractivity contribution in [2.24, 2.45) is 9.27 Å². The summed E-state index contributed by atoms with van der Waals surface area (Å²) in [5.41, 5.74) is 0. The number of hydrogen-bond donors (Lipinski definition) is 0. The smallest absolute Gasteiger partial charge is 0.217 e. The fourth-order valence-corrected chi connectivity index (χ4v) is 0.212. The molecule has 0 aliphatic carbocycles. The Kier molecular flexibility index (Phi) is 0.332. The SMILES string of the molecule is C1N=[Si]=N1. The molecule has 4 heavy (non-hydrogen) atoms. The van der Waals surface area contributed by atoms with E-state index in [2.05, 4.69) is 9.27 Å². The summed E-state index contributed by atoms with van der Waals surface area (Å²) < 4.78 is 7.56. The van der Waals surface area contributed by atoms with E-state index < -0.39 is 0 Å². The molecule has 0 aromatic rings. The Morgan fingerprint density at radius 1 is 1.50 bits per heavy atom. The predicted molar refractivity (Wildman–Crippen MR) is 15.5 cm³/mol. The van der Waals surface area contributed by atoms with Gasteiger partial charge in [0.05, 0.1) is 0 Å². The van der Waals surface area contributed by atoms with Gasteiger partial charge in [0.15, 0.2) is 0 Å². The van der Waals surface area contributed by atoms with Crippen LogP contribution in [0.2, 0.25) is 0 Å². The summed E-state index contributed by atoms with van der Waals surface area (Å²) in [4.78, 5) is 0. The van der Waals surface area contributed by atoms with Crippen LogP contribution < -0.4 is 0 Å². The second-order valence-electron chi connectivity index (χ2n) is 0.558. The molecule has 0 aromatic heterocycles. The minimum absolute atomic E-state index is 0.571. The lowest BCUT2D eigenvalue weighted by molar-refractivity contribution is 1.05. The molecule has 1 aliphatic rings. The zero-order valence-corrected chi connectivity index (χ0v) is 3.10. The Morgan fingerprint density at radius 3 is 1.75 bits per heavy atom. The number of nitrogens with zero attached hydrogens (tertiary/aromatic N) is 2. The third-order valence-electron chi connectivity index (χ3n) is 0.283. The first-order valence-electron chi connectivity index (χ1n) is 1.08. The molecule has 0 unspecified atom stereocenters. The zero-order chi connectivity index (χ0) is 2.83. The van der Waals surface area contributed by atoms with Gasteiger partial charge in [0, 0.05) is 0 Å². The lowest BCUT2D eigenvalue weighted by atomic mass is 11.3. The Morgan fingerprint density at radius 2 is 1.75 bits per heavy atom. The van der Waals surface area contributed by atoms with Crippen molar-refractivity contribution in [2.45, 2.75) is 0 Å². The molecular formula is CH2N2Si. The molecule has 0 amide bonds. The molecular weight excluding hydrogens is 68.1 g/mol. The van der Waals surface area contributed by atoms with E-state index in [4.69, 9.17) is 0 Å². The molecule has 1 heterocycles. The van der Waals surface area contributed by atoms with Crippen molar-refractivity contribution >= 4 is 9.10 Å². The molecule has 0 fully saturated rings. The first kappa shape index (κ1) is 2.08. The van der Waals surface area contributed by atoms with Gasteiger partial charge in [-0.15, -0.1) is 0 Å². The molecule has 0 bridgehead atoms. The summed E-state index contributed by atoms with van der Waals surface area (Å²) in [5.74, 6) is 0. The van der Waals surface area contributed by atoms with Crippen LogP contribution in [0.5, 0.6) is 0 Å². The highest BCUT2D eigenvalue weighted by Gasteiger charge is 1.70. The van der Waals surface area contributed by atoms with Crippen LogP contribution in [-0.4, -0.2) is 15.8 Å². The monoisotopic (exact) mass is 70.0 g/mol. The minimum Gasteiger partial charge on any atom is -0.250 e. The number of rotatable bonds is 0. The lowest BCUT2D eigenvalue weighted by Gasteiger charge is -1.79. The molecule has 0 saturated carbocycles. The van der Waals surface area contributed by atoms with Crippen LogP contribution in [0.15, 0.2) is 9.27 Å². The molecule has 0 atom stereocenters. The van der Waals surface area contributed by atoms with Gasteiger partial charge < -0.3 is 0 Å². The van der Waals surface area contributed by atoms with Gasteiger partial charge in [0.1, 0.15) is 6.67 Å². The molecule has 1 rings (SSSR count). The third-order valence-corrected chi connectivity index (χ3v) is 0.849. The summed E-state index contributed by atoms with van der Waals surface area (Å²) in [7, 11) is 0.571. The van der Waals surface area contributed by atoms with E-state index in [1.165, 1.54) is 0 Å². The quantitative estimate of drug-likeness (QED) is 0.359. The standard InChI is InChI=1S/CH2N2Si/c1-2-4-3-1/h1H2. The first-order chi connectivity index (χ1) is 2.00. The van der Waals surface area contributed by atoms with Crippen molar-refractivity contribution < 1.29 is 0 Å². The minimum atomic E-state index is 0.571. The molecule has 1 aliphatic heterocycles. The van der Waals surface area contributed by atoms with Crippen molar-refractivity contribution in [3.05, 3.63) is 0 Å². The van der Waals surface area contributed by atoms with Crippen LogP contribution in [0, 0.1) is 0 Å². The van der Waals surface area contributed by atoms with Crippen LogP contribution in [0.4, 0.5) is 0 Å². The lowest BCUT2D eigenvalue weighted by Crippen LogP contribution is -1.79. The molecule has 0 radical (unpaired) electrons. The van der Waals surface area contributed by atoms with Gasteiger partial charge in [-0.05, 0) is 0 Å². The Balaban J connectivity index is 2.95. The van der Waals surface area contributed by atoms with Crippen LogP contribution in [-0.2, 0) is 0 Å². The molecule has 0 spiro atoms. The Hall–Kier alpha value is -0.183. The highest BCUT2D eigenvalue weighted by Crippen LogP contribution is 1.71. The van der Waals surface area contributed by atoms with Crippen LogP contribution in [0.3, 0.4) is 0 Å². The van der Waals surface area contributed by atoms with E-state index in [0.29, 0.717) is 9.10 Å². The first-order valence-corrected chi connectivity index (χ1v) is 1.97. The van der Waals surface area contributed by atoms with E-state index in [0.717, 1.165) is 6.67 Å². The third kappa shape index (κ3) is 0.0832. The highest BCUT2D eigenvalue weighted by molar-refractivity contribution is 6.08. The topological polar surface area (TPSA) is 24.7 Å². The van der Waals surface area contributed by atoms with Crippen molar-refractivity contribution in [3.8, 4) is 0 Å². The second kappa shape index (κ2) is 0.638. The van der Waals surface area contributed by atoms with Crippen LogP contribution in [0.25, 0.3) is 0 Å². The van der Waals surface area contributed by atoms with Gasteiger partial charge in [-0.25, -0.2) is 9.27 Å². The maximum Gasteiger partial charge on any atom is 0.217 e. The van der Waals surface area contributed by atoms with E-state index in [9.17, 15) is 0 Å². The maximum atomic E-state index is 3.78. The fourth-order valence-electron chi connectivity index (χ4n) is 0.0707. The van der Waals surface area contributed by atoms with Crippen molar-refractivity contribution in [3.63, 3.8) is 0 Å². The van der Waals surface area contributed by atoms with Gasteiger partial charge in [0.25, 0.3) is 0 Å². The normalized spacial score (nSPS) is 16.0. The molecule has 0 aromatic carbocycles. The van der Waals surface area contributed by atoms with Crippen LogP contribution in [0.1, 0.15) is 0 Å². The fraction of sp³-hybridized carbons (Fsp3) is 1.00. The maximum absolute atomic E-state index is 3.78. The summed E-state index contributed by atoms with van der Waals surface area (Å²) in [6.07, 6.45) is 0.